The van der Waals surface area contributed by atoms with Gasteiger partial charge in [0.05, 0.1) is 4.90 Å². The number of hydrazine groups is 1. The quantitative estimate of drug-likeness (QED) is 0.548. The predicted octanol–water partition coefficient (Wildman–Crippen LogP) is 0.327. The first-order valence-electron chi connectivity index (χ1n) is 4.48. The molecule has 1 aromatic carbocycles. The minimum absolute atomic E-state index is 0.251. The Hall–Kier alpha value is -0.910. The molecular formula is C9H12N2O2S. The molecule has 0 fully saturated rings. The number of nitrogens with two attached hydrogens (primary N) is 1. The molecule has 0 saturated heterocycles. The van der Waals surface area contributed by atoms with Crippen LogP contribution >= 0.6 is 0 Å². The molecule has 0 spiro atoms. The number of hydrogen-bond donors (Lipinski definition) is 2. The largest absolute Gasteiger partial charge is 0.257 e. The lowest BCUT2D eigenvalue weighted by molar-refractivity contribution is 0.584. The van der Waals surface area contributed by atoms with Crippen molar-refractivity contribution in [3.63, 3.8) is 0 Å². The fraction of sp³-hybridized carbons (Fsp3) is 0.333. The summed E-state index contributed by atoms with van der Waals surface area (Å²) in [7, 11) is -3.49. The molecule has 0 atom stereocenters. The number of benzene rings is 1. The molecule has 1 aliphatic rings. The molecule has 1 aliphatic carbocycles. The molecule has 0 unspecified atom stereocenters. The Morgan fingerprint density at radius 3 is 2.64 bits per heavy atom. The first-order valence-corrected chi connectivity index (χ1v) is 5.96. The van der Waals surface area contributed by atoms with Crippen molar-refractivity contribution in [2.45, 2.75) is 24.2 Å². The maximum Gasteiger partial charge on any atom is 0.253 e. The summed E-state index contributed by atoms with van der Waals surface area (Å²) in [6, 6.07) is 5.17. The van der Waals surface area contributed by atoms with E-state index in [1.165, 1.54) is 5.56 Å². The molecule has 1 aromatic rings. The van der Waals surface area contributed by atoms with Gasteiger partial charge in [0.2, 0.25) is 0 Å². The molecule has 14 heavy (non-hydrogen) atoms. The van der Waals surface area contributed by atoms with Crippen LogP contribution in [0.1, 0.15) is 17.5 Å². The Bertz CT molecular complexity index is 454. The van der Waals surface area contributed by atoms with Crippen LogP contribution in [-0.2, 0) is 22.9 Å². The highest BCUT2D eigenvalue weighted by Crippen LogP contribution is 2.24. The van der Waals surface area contributed by atoms with Gasteiger partial charge in [0.15, 0.2) is 0 Å². The molecule has 0 radical (unpaired) electrons. The minimum Gasteiger partial charge on any atom is -0.257 e. The van der Waals surface area contributed by atoms with Crippen molar-refractivity contribution < 1.29 is 8.42 Å². The Morgan fingerprint density at radius 2 is 1.93 bits per heavy atom. The van der Waals surface area contributed by atoms with Gasteiger partial charge in [0.1, 0.15) is 0 Å². The summed E-state index contributed by atoms with van der Waals surface area (Å²) >= 11 is 0. The van der Waals surface area contributed by atoms with Crippen LogP contribution in [0.25, 0.3) is 0 Å². The maximum absolute atomic E-state index is 11.4. The lowest BCUT2D eigenvalue weighted by Gasteiger charge is -2.04. The molecule has 0 aromatic heterocycles. The van der Waals surface area contributed by atoms with Crippen LogP contribution in [0.3, 0.4) is 0 Å². The van der Waals surface area contributed by atoms with Gasteiger partial charge in [0.25, 0.3) is 10.0 Å². The van der Waals surface area contributed by atoms with E-state index in [-0.39, 0.29) is 4.90 Å². The standard InChI is InChI=1S/C9H12N2O2S/c10-11-14(12,13)9-5-4-7-2-1-3-8(7)6-9/h4-6,11H,1-3,10H2. The predicted molar refractivity (Wildman–Crippen MR) is 53.0 cm³/mol. The van der Waals surface area contributed by atoms with Crippen LogP contribution in [0.2, 0.25) is 0 Å². The average molecular weight is 212 g/mol. The van der Waals surface area contributed by atoms with E-state index in [1.54, 1.807) is 12.1 Å². The van der Waals surface area contributed by atoms with Crippen LogP contribution in [0.5, 0.6) is 0 Å². The van der Waals surface area contributed by atoms with Crippen molar-refractivity contribution in [1.29, 1.82) is 0 Å². The number of nitrogens with one attached hydrogen (secondary N) is 1. The van der Waals surface area contributed by atoms with Gasteiger partial charge in [-0.25, -0.2) is 8.42 Å². The van der Waals surface area contributed by atoms with Crippen molar-refractivity contribution >= 4 is 10.0 Å². The van der Waals surface area contributed by atoms with Gasteiger partial charge in [-0.05, 0) is 42.5 Å². The van der Waals surface area contributed by atoms with Gasteiger partial charge >= 0.3 is 0 Å². The van der Waals surface area contributed by atoms with Crippen molar-refractivity contribution in [1.82, 2.24) is 4.83 Å². The molecule has 0 bridgehead atoms. The van der Waals surface area contributed by atoms with E-state index >= 15 is 0 Å². The third-order valence-corrected chi connectivity index (χ3v) is 3.72. The molecule has 4 nitrogen and oxygen atoms in total. The molecule has 0 amide bonds. The van der Waals surface area contributed by atoms with E-state index in [4.69, 9.17) is 5.84 Å². The van der Waals surface area contributed by atoms with Crippen LogP contribution in [-0.4, -0.2) is 8.42 Å². The Balaban J connectivity index is 2.48. The maximum atomic E-state index is 11.4. The van der Waals surface area contributed by atoms with E-state index in [0.717, 1.165) is 24.8 Å². The molecule has 2 rings (SSSR count). The molecular weight excluding hydrogens is 200 g/mol. The van der Waals surface area contributed by atoms with Crippen LogP contribution in [0.4, 0.5) is 0 Å². The lowest BCUT2D eigenvalue weighted by atomic mass is 10.1. The van der Waals surface area contributed by atoms with Crippen LogP contribution in [0, 0.1) is 0 Å². The number of aryl methyl sites for hydroxylation is 2. The smallest absolute Gasteiger partial charge is 0.253 e. The molecule has 5 heteroatoms. The van der Waals surface area contributed by atoms with E-state index in [2.05, 4.69) is 0 Å². The second kappa shape index (κ2) is 3.34. The SMILES string of the molecule is NNS(=O)(=O)c1ccc2c(c1)CCC2. The summed E-state index contributed by atoms with van der Waals surface area (Å²) in [5.74, 6) is 4.95. The fourth-order valence-corrected chi connectivity index (χ4v) is 2.46. The number of sulfonamides is 1. The van der Waals surface area contributed by atoms with Crippen molar-refractivity contribution in [2.24, 2.45) is 5.84 Å². The van der Waals surface area contributed by atoms with Crippen molar-refractivity contribution in [3.05, 3.63) is 29.3 Å². The molecule has 76 valence electrons. The van der Waals surface area contributed by atoms with E-state index in [1.807, 2.05) is 10.9 Å². The average Bonchev–Trinajstić information content (AvgIpc) is 2.64. The van der Waals surface area contributed by atoms with E-state index in [0.29, 0.717) is 0 Å². The van der Waals surface area contributed by atoms with Crippen molar-refractivity contribution in [2.75, 3.05) is 0 Å². The second-order valence-corrected chi connectivity index (χ2v) is 5.12. The molecule has 3 N–H and O–H groups in total. The van der Waals surface area contributed by atoms with Gasteiger partial charge in [-0.15, -0.1) is 0 Å². The van der Waals surface area contributed by atoms with Gasteiger partial charge in [0, 0.05) is 0 Å². The summed E-state index contributed by atoms with van der Waals surface area (Å²) in [6.07, 6.45) is 3.11. The highest BCUT2D eigenvalue weighted by molar-refractivity contribution is 7.89. The Labute approximate surface area is 83.1 Å². The third kappa shape index (κ3) is 1.54. The summed E-state index contributed by atoms with van der Waals surface area (Å²) in [6.45, 7) is 0. The zero-order valence-corrected chi connectivity index (χ0v) is 8.47. The monoisotopic (exact) mass is 212 g/mol. The highest BCUT2D eigenvalue weighted by atomic mass is 32.2. The molecule has 0 saturated carbocycles. The zero-order chi connectivity index (χ0) is 10.2. The van der Waals surface area contributed by atoms with Gasteiger partial charge in [-0.1, -0.05) is 6.07 Å². The first kappa shape index (κ1) is 9.64. The molecule has 0 heterocycles. The van der Waals surface area contributed by atoms with E-state index < -0.39 is 10.0 Å². The number of rotatable bonds is 2. The summed E-state index contributed by atoms with van der Waals surface area (Å²) in [5, 5.41) is 0. The Kier molecular flexibility index (Phi) is 2.30. The summed E-state index contributed by atoms with van der Waals surface area (Å²) in [4.78, 5) is 2.07. The zero-order valence-electron chi connectivity index (χ0n) is 7.66. The highest BCUT2D eigenvalue weighted by Gasteiger charge is 2.16. The minimum atomic E-state index is -3.49. The van der Waals surface area contributed by atoms with Gasteiger partial charge in [-0.3, -0.25) is 5.84 Å². The number of fused-ring (bicyclic) bond motifs is 1. The normalized spacial score (nSPS) is 15.5. The topological polar surface area (TPSA) is 72.2 Å². The molecule has 0 aliphatic heterocycles. The second-order valence-electron chi connectivity index (χ2n) is 3.41. The first-order chi connectivity index (χ1) is 6.63. The fourth-order valence-electron chi connectivity index (χ4n) is 1.78. The van der Waals surface area contributed by atoms with Crippen LogP contribution in [0.15, 0.2) is 23.1 Å². The third-order valence-electron chi connectivity index (χ3n) is 2.54. The lowest BCUT2D eigenvalue weighted by Crippen LogP contribution is -2.30. The summed E-state index contributed by atoms with van der Waals surface area (Å²) < 4.78 is 22.7. The Morgan fingerprint density at radius 1 is 1.21 bits per heavy atom. The van der Waals surface area contributed by atoms with Gasteiger partial charge < -0.3 is 0 Å². The van der Waals surface area contributed by atoms with Crippen LogP contribution < -0.4 is 10.7 Å². The van der Waals surface area contributed by atoms with Gasteiger partial charge in [-0.2, -0.15) is 4.83 Å². The number of hydrogen-bond acceptors (Lipinski definition) is 3. The van der Waals surface area contributed by atoms with E-state index in [9.17, 15) is 8.42 Å². The van der Waals surface area contributed by atoms with Crippen molar-refractivity contribution in [3.8, 4) is 0 Å². The summed E-state index contributed by atoms with van der Waals surface area (Å²) in [5.41, 5.74) is 2.38.